The van der Waals surface area contributed by atoms with Gasteiger partial charge in [-0.1, -0.05) is 30.3 Å². The van der Waals surface area contributed by atoms with Crippen molar-refractivity contribution in [3.05, 3.63) is 35.9 Å². The fourth-order valence-electron chi connectivity index (χ4n) is 3.85. The zero-order chi connectivity index (χ0) is 15.8. The summed E-state index contributed by atoms with van der Waals surface area (Å²) in [7, 11) is 1.72. The Bertz CT molecular complexity index is 543. The van der Waals surface area contributed by atoms with E-state index in [1.54, 1.807) is 7.11 Å². The fraction of sp³-hybridized carbons (Fsp3) is 0.611. The molecule has 1 aromatic carbocycles. The van der Waals surface area contributed by atoms with Crippen molar-refractivity contribution in [3.63, 3.8) is 0 Å². The average molecular weight is 303 g/mol. The van der Waals surface area contributed by atoms with Crippen molar-refractivity contribution in [1.29, 1.82) is 0 Å². The van der Waals surface area contributed by atoms with Crippen LogP contribution in [0.1, 0.15) is 19.4 Å². The van der Waals surface area contributed by atoms with Gasteiger partial charge >= 0.3 is 0 Å². The standard InChI is InChI=1S/C18H25NO3/c1-17(2,14-7-5-4-6-8-14)16(20)19-9-15-10-22-13-18(15,11-19)12-21-3/h4-8,15H,9-13H2,1-3H3/t15-,18-/m0/s1. The van der Waals surface area contributed by atoms with E-state index in [1.807, 2.05) is 49.1 Å². The summed E-state index contributed by atoms with van der Waals surface area (Å²) >= 11 is 0. The van der Waals surface area contributed by atoms with Gasteiger partial charge in [0.2, 0.25) is 5.91 Å². The van der Waals surface area contributed by atoms with E-state index in [0.29, 0.717) is 19.1 Å². The summed E-state index contributed by atoms with van der Waals surface area (Å²) in [6.07, 6.45) is 0. The molecule has 4 heteroatoms. The van der Waals surface area contributed by atoms with Crippen LogP contribution < -0.4 is 0 Å². The Hall–Kier alpha value is -1.39. The molecule has 120 valence electrons. The molecule has 0 radical (unpaired) electrons. The Morgan fingerprint density at radius 1 is 1.41 bits per heavy atom. The molecule has 2 saturated heterocycles. The molecule has 0 bridgehead atoms. The van der Waals surface area contributed by atoms with Crippen LogP contribution in [0, 0.1) is 11.3 Å². The third kappa shape index (κ3) is 2.44. The van der Waals surface area contributed by atoms with Crippen LogP contribution in [-0.4, -0.2) is 50.8 Å². The number of fused-ring (bicyclic) bond motifs is 1. The number of hydrogen-bond donors (Lipinski definition) is 0. The number of likely N-dealkylation sites (tertiary alicyclic amines) is 1. The number of ether oxygens (including phenoxy) is 2. The SMILES string of the molecule is COC[C@@]12COC[C@@H]1CN(C(=O)C(C)(C)c1ccccc1)C2. The van der Waals surface area contributed by atoms with Crippen LogP contribution in [0.5, 0.6) is 0 Å². The van der Waals surface area contributed by atoms with E-state index in [9.17, 15) is 4.79 Å². The summed E-state index contributed by atoms with van der Waals surface area (Å²) in [5, 5.41) is 0. The zero-order valence-electron chi connectivity index (χ0n) is 13.7. The summed E-state index contributed by atoms with van der Waals surface area (Å²) in [4.78, 5) is 15.1. The molecular formula is C18H25NO3. The number of benzene rings is 1. The van der Waals surface area contributed by atoms with Crippen molar-refractivity contribution in [2.24, 2.45) is 11.3 Å². The van der Waals surface area contributed by atoms with Crippen molar-refractivity contribution >= 4 is 5.91 Å². The number of carbonyl (C=O) groups excluding carboxylic acids is 1. The molecule has 1 amide bonds. The second-order valence-electron chi connectivity index (χ2n) is 7.18. The number of rotatable bonds is 4. The summed E-state index contributed by atoms with van der Waals surface area (Å²) in [6, 6.07) is 10.0. The van der Waals surface area contributed by atoms with Gasteiger partial charge in [-0.2, -0.15) is 0 Å². The van der Waals surface area contributed by atoms with Gasteiger partial charge in [0.05, 0.1) is 25.2 Å². The highest BCUT2D eigenvalue weighted by Gasteiger charge is 2.53. The second-order valence-corrected chi connectivity index (χ2v) is 7.18. The topological polar surface area (TPSA) is 38.8 Å². The lowest BCUT2D eigenvalue weighted by Crippen LogP contribution is -2.44. The van der Waals surface area contributed by atoms with Crippen LogP contribution in [0.25, 0.3) is 0 Å². The molecular weight excluding hydrogens is 278 g/mol. The van der Waals surface area contributed by atoms with Gasteiger partial charge in [0.25, 0.3) is 0 Å². The van der Waals surface area contributed by atoms with Gasteiger partial charge in [-0.25, -0.2) is 0 Å². The average Bonchev–Trinajstić information content (AvgIpc) is 3.04. The van der Waals surface area contributed by atoms with Crippen LogP contribution in [0.2, 0.25) is 0 Å². The van der Waals surface area contributed by atoms with Crippen LogP contribution in [0.15, 0.2) is 30.3 Å². The van der Waals surface area contributed by atoms with Crippen molar-refractivity contribution in [2.75, 3.05) is 40.0 Å². The number of nitrogens with zero attached hydrogens (tertiary/aromatic N) is 1. The molecule has 0 unspecified atom stereocenters. The first-order valence-electron chi connectivity index (χ1n) is 7.91. The third-order valence-corrected chi connectivity index (χ3v) is 5.27. The summed E-state index contributed by atoms with van der Waals surface area (Å²) in [6.45, 7) is 7.63. The largest absolute Gasteiger partial charge is 0.384 e. The Morgan fingerprint density at radius 3 is 2.82 bits per heavy atom. The highest BCUT2D eigenvalue weighted by molar-refractivity contribution is 5.87. The lowest BCUT2D eigenvalue weighted by Gasteiger charge is -2.31. The molecule has 2 aliphatic rings. The first-order chi connectivity index (χ1) is 10.5. The minimum absolute atomic E-state index is 0.0167. The smallest absolute Gasteiger partial charge is 0.232 e. The lowest BCUT2D eigenvalue weighted by atomic mass is 9.82. The third-order valence-electron chi connectivity index (χ3n) is 5.27. The predicted molar refractivity (Wildman–Crippen MR) is 84.7 cm³/mol. The van der Waals surface area contributed by atoms with Crippen LogP contribution in [-0.2, 0) is 19.7 Å². The van der Waals surface area contributed by atoms with Crippen molar-refractivity contribution in [1.82, 2.24) is 4.90 Å². The molecule has 4 nitrogen and oxygen atoms in total. The highest BCUT2D eigenvalue weighted by Crippen LogP contribution is 2.43. The van der Waals surface area contributed by atoms with E-state index in [2.05, 4.69) is 0 Å². The molecule has 2 aliphatic heterocycles. The molecule has 2 fully saturated rings. The molecule has 22 heavy (non-hydrogen) atoms. The summed E-state index contributed by atoms with van der Waals surface area (Å²) in [5.41, 5.74) is 0.542. The normalized spacial score (nSPS) is 28.0. The lowest BCUT2D eigenvalue weighted by molar-refractivity contribution is -0.136. The maximum absolute atomic E-state index is 13.1. The molecule has 0 N–H and O–H groups in total. The Balaban J connectivity index is 1.79. The van der Waals surface area contributed by atoms with E-state index in [1.165, 1.54) is 0 Å². The van der Waals surface area contributed by atoms with E-state index < -0.39 is 5.41 Å². The summed E-state index contributed by atoms with van der Waals surface area (Å²) in [5.74, 6) is 0.589. The van der Waals surface area contributed by atoms with Crippen molar-refractivity contribution < 1.29 is 14.3 Å². The molecule has 1 aromatic rings. The van der Waals surface area contributed by atoms with E-state index in [-0.39, 0.29) is 11.3 Å². The van der Waals surface area contributed by atoms with Crippen LogP contribution in [0.3, 0.4) is 0 Å². The first kappa shape index (κ1) is 15.5. The van der Waals surface area contributed by atoms with Crippen LogP contribution >= 0.6 is 0 Å². The van der Waals surface area contributed by atoms with E-state index >= 15 is 0 Å². The maximum atomic E-state index is 13.1. The Labute approximate surface area is 132 Å². The van der Waals surface area contributed by atoms with Gasteiger partial charge in [0, 0.05) is 31.5 Å². The molecule has 0 aromatic heterocycles. The van der Waals surface area contributed by atoms with Gasteiger partial charge in [-0.3, -0.25) is 4.79 Å². The van der Waals surface area contributed by atoms with Gasteiger partial charge in [0.1, 0.15) is 0 Å². The maximum Gasteiger partial charge on any atom is 0.232 e. The van der Waals surface area contributed by atoms with Gasteiger partial charge < -0.3 is 14.4 Å². The quantitative estimate of drug-likeness (QED) is 0.855. The minimum atomic E-state index is -0.505. The minimum Gasteiger partial charge on any atom is -0.384 e. The van der Waals surface area contributed by atoms with Gasteiger partial charge in [-0.05, 0) is 19.4 Å². The van der Waals surface area contributed by atoms with E-state index in [4.69, 9.17) is 9.47 Å². The molecule has 2 atom stereocenters. The number of carbonyl (C=O) groups is 1. The Morgan fingerprint density at radius 2 is 2.14 bits per heavy atom. The molecule has 0 aliphatic carbocycles. The number of amides is 1. The predicted octanol–water partition coefficient (Wildman–Crippen LogP) is 2.09. The molecule has 2 heterocycles. The van der Waals surface area contributed by atoms with Gasteiger partial charge in [0.15, 0.2) is 0 Å². The number of hydrogen-bond acceptors (Lipinski definition) is 3. The first-order valence-corrected chi connectivity index (χ1v) is 7.91. The molecule has 0 saturated carbocycles. The Kier molecular flexibility index (Phi) is 4.00. The highest BCUT2D eigenvalue weighted by atomic mass is 16.5. The monoisotopic (exact) mass is 303 g/mol. The molecule has 0 spiro atoms. The van der Waals surface area contributed by atoms with Crippen molar-refractivity contribution in [2.45, 2.75) is 19.3 Å². The van der Waals surface area contributed by atoms with Crippen LogP contribution in [0.4, 0.5) is 0 Å². The molecule has 3 rings (SSSR count). The van der Waals surface area contributed by atoms with E-state index in [0.717, 1.165) is 25.3 Å². The number of methoxy groups -OCH3 is 1. The summed E-state index contributed by atoms with van der Waals surface area (Å²) < 4.78 is 11.1. The second kappa shape index (κ2) is 5.67. The van der Waals surface area contributed by atoms with Crippen molar-refractivity contribution in [3.8, 4) is 0 Å². The zero-order valence-corrected chi connectivity index (χ0v) is 13.7. The van der Waals surface area contributed by atoms with Gasteiger partial charge in [-0.15, -0.1) is 0 Å². The fourth-order valence-corrected chi connectivity index (χ4v) is 3.85.